The van der Waals surface area contributed by atoms with Crippen LogP contribution in [-0.4, -0.2) is 24.0 Å². The molecule has 144 valence electrons. The fourth-order valence-electron chi connectivity index (χ4n) is 2.42. The summed E-state index contributed by atoms with van der Waals surface area (Å²) in [6.07, 6.45) is -0.827. The Morgan fingerprint density at radius 3 is 2.22 bits per heavy atom. The zero-order valence-corrected chi connectivity index (χ0v) is 16.1. The van der Waals surface area contributed by atoms with Crippen molar-refractivity contribution in [3.8, 4) is 11.5 Å². The minimum absolute atomic E-state index is 0.0226. The molecular weight excluding hydrogens is 348 g/mol. The SMILES string of the molecule is COc1ccc(NC(=O)C(C)Oc2ccc(C(C)(C)C)cc2)c([N+](=O)[O-])c1. The molecule has 2 aromatic carbocycles. The number of methoxy groups -OCH3 is 1. The number of nitro benzene ring substituents is 1. The molecule has 7 nitrogen and oxygen atoms in total. The van der Waals surface area contributed by atoms with Gasteiger partial charge in [-0.3, -0.25) is 14.9 Å². The van der Waals surface area contributed by atoms with E-state index in [4.69, 9.17) is 9.47 Å². The number of carbonyl (C=O) groups excluding carboxylic acids is 1. The summed E-state index contributed by atoms with van der Waals surface area (Å²) in [5.41, 5.74) is 1.02. The molecule has 0 saturated heterocycles. The zero-order chi connectivity index (χ0) is 20.2. The van der Waals surface area contributed by atoms with Gasteiger partial charge in [-0.05, 0) is 42.2 Å². The van der Waals surface area contributed by atoms with Gasteiger partial charge in [0.1, 0.15) is 17.2 Å². The molecular formula is C20H24N2O5. The van der Waals surface area contributed by atoms with Gasteiger partial charge in [-0.2, -0.15) is 0 Å². The summed E-state index contributed by atoms with van der Waals surface area (Å²) in [6, 6.07) is 11.7. The number of hydrogen-bond acceptors (Lipinski definition) is 5. The third-order valence-corrected chi connectivity index (χ3v) is 4.06. The topological polar surface area (TPSA) is 90.7 Å². The van der Waals surface area contributed by atoms with Crippen LogP contribution in [0.2, 0.25) is 0 Å². The third kappa shape index (κ3) is 5.20. The molecule has 0 spiro atoms. The summed E-state index contributed by atoms with van der Waals surface area (Å²) in [4.78, 5) is 23.0. The Hall–Kier alpha value is -3.09. The molecule has 0 aliphatic rings. The van der Waals surface area contributed by atoms with Crippen LogP contribution >= 0.6 is 0 Å². The summed E-state index contributed by atoms with van der Waals surface area (Å²) in [5, 5.41) is 13.8. The lowest BCUT2D eigenvalue weighted by Gasteiger charge is -2.20. The van der Waals surface area contributed by atoms with Gasteiger partial charge in [0, 0.05) is 0 Å². The first-order valence-electron chi connectivity index (χ1n) is 8.52. The second-order valence-corrected chi connectivity index (χ2v) is 7.16. The molecule has 7 heteroatoms. The molecule has 1 N–H and O–H groups in total. The lowest BCUT2D eigenvalue weighted by molar-refractivity contribution is -0.384. The maximum atomic E-state index is 12.4. The molecule has 1 unspecified atom stereocenters. The molecule has 0 fully saturated rings. The molecule has 0 bridgehead atoms. The fourth-order valence-corrected chi connectivity index (χ4v) is 2.42. The highest BCUT2D eigenvalue weighted by molar-refractivity contribution is 5.96. The number of carbonyl (C=O) groups is 1. The molecule has 2 aromatic rings. The summed E-state index contributed by atoms with van der Waals surface area (Å²) in [5.74, 6) is 0.404. The molecule has 27 heavy (non-hydrogen) atoms. The van der Waals surface area contributed by atoms with Crippen LogP contribution < -0.4 is 14.8 Å². The number of nitrogens with one attached hydrogen (secondary N) is 1. The van der Waals surface area contributed by atoms with Crippen LogP contribution in [0.25, 0.3) is 0 Å². The minimum Gasteiger partial charge on any atom is -0.496 e. The first-order valence-corrected chi connectivity index (χ1v) is 8.52. The lowest BCUT2D eigenvalue weighted by Crippen LogP contribution is -2.30. The smallest absolute Gasteiger partial charge is 0.296 e. The van der Waals surface area contributed by atoms with Crippen molar-refractivity contribution in [3.63, 3.8) is 0 Å². The quantitative estimate of drug-likeness (QED) is 0.603. The Bertz CT molecular complexity index is 825. The maximum Gasteiger partial charge on any atom is 0.296 e. The summed E-state index contributed by atoms with van der Waals surface area (Å²) in [7, 11) is 1.41. The average Bonchev–Trinajstić information content (AvgIpc) is 2.61. The van der Waals surface area contributed by atoms with E-state index in [2.05, 4.69) is 26.1 Å². The van der Waals surface area contributed by atoms with Gasteiger partial charge in [0.2, 0.25) is 0 Å². The van der Waals surface area contributed by atoms with Crippen molar-refractivity contribution < 1.29 is 19.2 Å². The Morgan fingerprint density at radius 2 is 1.70 bits per heavy atom. The van der Waals surface area contributed by atoms with E-state index in [0.29, 0.717) is 11.5 Å². The number of rotatable bonds is 6. The number of amides is 1. The van der Waals surface area contributed by atoms with E-state index in [1.165, 1.54) is 19.2 Å². The standard InChI is InChI=1S/C20H24N2O5/c1-13(27-15-8-6-14(7-9-15)20(2,3)4)19(23)21-17-11-10-16(26-5)12-18(17)22(24)25/h6-13H,1-5H3,(H,21,23). The molecule has 0 aromatic heterocycles. The third-order valence-electron chi connectivity index (χ3n) is 4.06. The largest absolute Gasteiger partial charge is 0.496 e. The summed E-state index contributed by atoms with van der Waals surface area (Å²) < 4.78 is 10.6. The molecule has 1 atom stereocenters. The van der Waals surface area contributed by atoms with E-state index in [1.807, 2.05) is 12.1 Å². The van der Waals surface area contributed by atoms with Crippen molar-refractivity contribution >= 4 is 17.3 Å². The molecule has 1 amide bonds. The highest BCUT2D eigenvalue weighted by Crippen LogP contribution is 2.29. The Kier molecular flexibility index (Phi) is 6.05. The van der Waals surface area contributed by atoms with E-state index in [-0.39, 0.29) is 16.8 Å². The molecule has 0 heterocycles. The summed E-state index contributed by atoms with van der Waals surface area (Å²) in [6.45, 7) is 7.92. The van der Waals surface area contributed by atoms with E-state index >= 15 is 0 Å². The predicted molar refractivity (Wildman–Crippen MR) is 104 cm³/mol. The van der Waals surface area contributed by atoms with Gasteiger partial charge in [0.15, 0.2) is 6.10 Å². The number of nitro groups is 1. The van der Waals surface area contributed by atoms with Gasteiger partial charge >= 0.3 is 0 Å². The van der Waals surface area contributed by atoms with Crippen LogP contribution in [0.4, 0.5) is 11.4 Å². The van der Waals surface area contributed by atoms with Crippen molar-refractivity contribution in [1.82, 2.24) is 0 Å². The van der Waals surface area contributed by atoms with Crippen molar-refractivity contribution in [3.05, 3.63) is 58.1 Å². The molecule has 2 rings (SSSR count). The van der Waals surface area contributed by atoms with Crippen LogP contribution in [-0.2, 0) is 10.2 Å². The van der Waals surface area contributed by atoms with Crippen LogP contribution in [0.15, 0.2) is 42.5 Å². The van der Waals surface area contributed by atoms with Gasteiger partial charge in [-0.1, -0.05) is 32.9 Å². The van der Waals surface area contributed by atoms with E-state index in [1.54, 1.807) is 25.1 Å². The monoisotopic (exact) mass is 372 g/mol. The van der Waals surface area contributed by atoms with Crippen LogP contribution in [0.1, 0.15) is 33.3 Å². The molecule has 0 aliphatic heterocycles. The normalized spacial score (nSPS) is 12.2. The second-order valence-electron chi connectivity index (χ2n) is 7.16. The lowest BCUT2D eigenvalue weighted by atomic mass is 9.87. The number of benzene rings is 2. The number of anilines is 1. The van der Waals surface area contributed by atoms with Gasteiger partial charge < -0.3 is 14.8 Å². The average molecular weight is 372 g/mol. The van der Waals surface area contributed by atoms with E-state index < -0.39 is 16.9 Å². The Morgan fingerprint density at radius 1 is 1.11 bits per heavy atom. The number of ether oxygens (including phenoxy) is 2. The first-order chi connectivity index (χ1) is 12.6. The number of nitrogens with zero attached hydrogens (tertiary/aromatic N) is 1. The van der Waals surface area contributed by atoms with E-state index in [9.17, 15) is 14.9 Å². The fraction of sp³-hybridized carbons (Fsp3) is 0.350. The van der Waals surface area contributed by atoms with Gasteiger partial charge in [-0.25, -0.2) is 0 Å². The van der Waals surface area contributed by atoms with Crippen molar-refractivity contribution in [2.75, 3.05) is 12.4 Å². The predicted octanol–water partition coefficient (Wildman–Crippen LogP) is 4.31. The molecule has 0 aliphatic carbocycles. The highest BCUT2D eigenvalue weighted by Gasteiger charge is 2.21. The Balaban J connectivity index is 2.09. The van der Waals surface area contributed by atoms with Crippen LogP contribution in [0.5, 0.6) is 11.5 Å². The maximum absolute atomic E-state index is 12.4. The molecule has 0 saturated carbocycles. The number of hydrogen-bond donors (Lipinski definition) is 1. The highest BCUT2D eigenvalue weighted by atomic mass is 16.6. The first kappa shape index (κ1) is 20.2. The van der Waals surface area contributed by atoms with Crippen LogP contribution in [0.3, 0.4) is 0 Å². The van der Waals surface area contributed by atoms with Crippen molar-refractivity contribution in [1.29, 1.82) is 0 Å². The Labute approximate surface area is 158 Å². The van der Waals surface area contributed by atoms with Crippen molar-refractivity contribution in [2.24, 2.45) is 0 Å². The van der Waals surface area contributed by atoms with E-state index in [0.717, 1.165) is 5.56 Å². The molecule has 0 radical (unpaired) electrons. The van der Waals surface area contributed by atoms with Gasteiger partial charge in [0.05, 0.1) is 18.1 Å². The van der Waals surface area contributed by atoms with Crippen molar-refractivity contribution in [2.45, 2.75) is 39.2 Å². The second kappa shape index (κ2) is 8.07. The van der Waals surface area contributed by atoms with Crippen LogP contribution in [0, 0.1) is 10.1 Å². The minimum atomic E-state index is -0.827. The van der Waals surface area contributed by atoms with Gasteiger partial charge in [-0.15, -0.1) is 0 Å². The van der Waals surface area contributed by atoms with Gasteiger partial charge in [0.25, 0.3) is 11.6 Å². The summed E-state index contributed by atoms with van der Waals surface area (Å²) >= 11 is 0. The zero-order valence-electron chi connectivity index (χ0n) is 16.1.